The van der Waals surface area contributed by atoms with Gasteiger partial charge in [0.15, 0.2) is 0 Å². The smallest absolute Gasteiger partial charge is 0.240 e. The predicted octanol–water partition coefficient (Wildman–Crippen LogP) is 3.26. The third kappa shape index (κ3) is 5.09. The molecule has 0 bridgehead atoms. The average molecular weight is 390 g/mol. The van der Waals surface area contributed by atoms with Gasteiger partial charge in [0.25, 0.3) is 0 Å². The van der Waals surface area contributed by atoms with E-state index >= 15 is 0 Å². The number of nitrogens with one attached hydrogen (secondary N) is 1. The molecular weight excluding hydrogens is 358 g/mol. The van der Waals surface area contributed by atoms with Crippen LogP contribution in [0.1, 0.15) is 28.3 Å². The van der Waals surface area contributed by atoms with Crippen LogP contribution in [0, 0.1) is 20.8 Å². The van der Waals surface area contributed by atoms with E-state index < -0.39 is 10.0 Å². The molecule has 0 aliphatic heterocycles. The topological polar surface area (TPSA) is 52.7 Å². The maximum atomic E-state index is 12.9. The van der Waals surface area contributed by atoms with E-state index in [-0.39, 0.29) is 6.04 Å². The van der Waals surface area contributed by atoms with Crippen molar-refractivity contribution in [3.05, 3.63) is 58.7 Å². The van der Waals surface area contributed by atoms with Gasteiger partial charge in [-0.2, -0.15) is 0 Å². The number of likely N-dealkylation sites (N-methyl/N-ethyl adjacent to an activating group) is 1. The molecule has 0 heterocycles. The number of benzene rings is 2. The van der Waals surface area contributed by atoms with Crippen molar-refractivity contribution in [1.29, 1.82) is 0 Å². The first kappa shape index (κ1) is 21.4. The number of hydrogen-bond acceptors (Lipinski definition) is 4. The average Bonchev–Trinajstić information content (AvgIpc) is 2.58. The molecule has 0 fully saturated rings. The van der Waals surface area contributed by atoms with E-state index in [4.69, 9.17) is 0 Å². The molecule has 0 saturated heterocycles. The van der Waals surface area contributed by atoms with E-state index in [1.54, 1.807) is 6.07 Å². The molecule has 0 radical (unpaired) electrons. The highest BCUT2D eigenvalue weighted by Crippen LogP contribution is 2.23. The summed E-state index contributed by atoms with van der Waals surface area (Å²) in [6, 6.07) is 11.8. The minimum atomic E-state index is -3.57. The molecule has 27 heavy (non-hydrogen) atoms. The zero-order valence-electron chi connectivity index (χ0n) is 17.4. The Morgan fingerprint density at radius 3 is 1.96 bits per heavy atom. The number of sulfonamides is 1. The lowest BCUT2D eigenvalue weighted by atomic mass is 10.1. The van der Waals surface area contributed by atoms with E-state index in [9.17, 15) is 8.42 Å². The number of aryl methyl sites for hydroxylation is 3. The molecule has 0 saturated carbocycles. The van der Waals surface area contributed by atoms with Crippen LogP contribution in [0.2, 0.25) is 0 Å². The monoisotopic (exact) mass is 389 g/mol. The number of rotatable bonds is 7. The Hall–Kier alpha value is -1.89. The third-order valence-electron chi connectivity index (χ3n) is 4.97. The lowest BCUT2D eigenvalue weighted by Gasteiger charge is -2.26. The molecule has 0 aliphatic rings. The van der Waals surface area contributed by atoms with Gasteiger partial charge in [-0.25, -0.2) is 13.1 Å². The van der Waals surface area contributed by atoms with Crippen molar-refractivity contribution in [2.24, 2.45) is 0 Å². The maximum Gasteiger partial charge on any atom is 0.240 e. The summed E-state index contributed by atoms with van der Waals surface area (Å²) in [5.74, 6) is 0. The van der Waals surface area contributed by atoms with Crippen molar-refractivity contribution < 1.29 is 8.42 Å². The fourth-order valence-electron chi connectivity index (χ4n) is 3.08. The molecule has 2 aromatic rings. The largest absolute Gasteiger partial charge is 0.378 e. The number of hydrogen-bond donors (Lipinski definition) is 1. The Morgan fingerprint density at radius 2 is 1.44 bits per heavy atom. The molecule has 0 unspecified atom stereocenters. The minimum Gasteiger partial charge on any atom is -0.378 e. The van der Waals surface area contributed by atoms with Gasteiger partial charge in [-0.05, 0) is 75.3 Å². The SMILES string of the molecule is Cc1cc(C)c(S(=O)(=O)NC[C@@H](c2ccc(N(C)C)cc2)N(C)C)cc1C. The Balaban J connectivity index is 2.24. The van der Waals surface area contributed by atoms with Gasteiger partial charge in [0.05, 0.1) is 4.90 Å². The van der Waals surface area contributed by atoms with Crippen LogP contribution in [0.15, 0.2) is 41.3 Å². The molecule has 0 aliphatic carbocycles. The fourth-order valence-corrected chi connectivity index (χ4v) is 4.43. The molecule has 0 aromatic heterocycles. The van der Waals surface area contributed by atoms with Gasteiger partial charge in [-0.15, -0.1) is 0 Å². The van der Waals surface area contributed by atoms with Crippen LogP contribution < -0.4 is 9.62 Å². The Kier molecular flexibility index (Phi) is 6.68. The van der Waals surface area contributed by atoms with Gasteiger partial charge in [0.1, 0.15) is 0 Å². The Labute approximate surface area is 164 Å². The minimum absolute atomic E-state index is 0.0529. The van der Waals surface area contributed by atoms with E-state index in [0.29, 0.717) is 11.4 Å². The molecule has 5 nitrogen and oxygen atoms in total. The van der Waals surface area contributed by atoms with E-state index in [0.717, 1.165) is 27.9 Å². The van der Waals surface area contributed by atoms with E-state index in [1.807, 2.05) is 77.0 Å². The van der Waals surface area contributed by atoms with Crippen molar-refractivity contribution >= 4 is 15.7 Å². The summed E-state index contributed by atoms with van der Waals surface area (Å²) >= 11 is 0. The van der Waals surface area contributed by atoms with E-state index in [2.05, 4.69) is 16.9 Å². The molecule has 2 rings (SSSR count). The summed E-state index contributed by atoms with van der Waals surface area (Å²) in [6.45, 7) is 6.07. The quantitative estimate of drug-likeness (QED) is 0.790. The molecule has 1 N–H and O–H groups in total. The molecular formula is C21H31N3O2S. The summed E-state index contributed by atoms with van der Waals surface area (Å²) in [6.07, 6.45) is 0. The van der Waals surface area contributed by atoms with Crippen LogP contribution in [0.3, 0.4) is 0 Å². The zero-order chi connectivity index (χ0) is 20.4. The van der Waals surface area contributed by atoms with Crippen molar-refractivity contribution in [2.45, 2.75) is 31.7 Å². The van der Waals surface area contributed by atoms with Crippen LogP contribution in [-0.2, 0) is 10.0 Å². The second kappa shape index (κ2) is 8.42. The molecule has 0 amide bonds. The summed E-state index contributed by atoms with van der Waals surface area (Å²) in [5, 5.41) is 0. The van der Waals surface area contributed by atoms with Gasteiger partial charge in [-0.3, -0.25) is 0 Å². The number of nitrogens with zero attached hydrogens (tertiary/aromatic N) is 2. The second-order valence-electron chi connectivity index (χ2n) is 7.52. The van der Waals surface area contributed by atoms with E-state index in [1.165, 1.54) is 0 Å². The summed E-state index contributed by atoms with van der Waals surface area (Å²) in [4.78, 5) is 4.42. The van der Waals surface area contributed by atoms with Crippen molar-refractivity contribution in [3.63, 3.8) is 0 Å². The summed E-state index contributed by atoms with van der Waals surface area (Å²) < 4.78 is 28.6. The van der Waals surface area contributed by atoms with Crippen molar-refractivity contribution in [2.75, 3.05) is 39.6 Å². The van der Waals surface area contributed by atoms with Crippen molar-refractivity contribution in [1.82, 2.24) is 9.62 Å². The Bertz CT molecular complexity index is 888. The molecule has 2 aromatic carbocycles. The van der Waals surface area contributed by atoms with Crippen LogP contribution in [-0.4, -0.2) is 48.1 Å². The van der Waals surface area contributed by atoms with Gasteiger partial charge in [0.2, 0.25) is 10.0 Å². The molecule has 1 atom stereocenters. The van der Waals surface area contributed by atoms with Gasteiger partial charge in [0, 0.05) is 32.4 Å². The van der Waals surface area contributed by atoms with Crippen LogP contribution >= 0.6 is 0 Å². The first-order chi connectivity index (χ1) is 12.5. The molecule has 6 heteroatoms. The maximum absolute atomic E-state index is 12.9. The third-order valence-corrected chi connectivity index (χ3v) is 6.53. The van der Waals surface area contributed by atoms with Gasteiger partial charge in [-0.1, -0.05) is 18.2 Å². The fraction of sp³-hybridized carbons (Fsp3) is 0.429. The highest BCUT2D eigenvalue weighted by molar-refractivity contribution is 7.89. The van der Waals surface area contributed by atoms with Crippen molar-refractivity contribution in [3.8, 4) is 0 Å². The van der Waals surface area contributed by atoms with Crippen LogP contribution in [0.4, 0.5) is 5.69 Å². The normalized spacial score (nSPS) is 13.0. The van der Waals surface area contributed by atoms with Crippen LogP contribution in [0.5, 0.6) is 0 Å². The number of anilines is 1. The van der Waals surface area contributed by atoms with Crippen LogP contribution in [0.25, 0.3) is 0 Å². The Morgan fingerprint density at radius 1 is 0.889 bits per heavy atom. The van der Waals surface area contributed by atoms with Gasteiger partial charge < -0.3 is 9.80 Å². The first-order valence-electron chi connectivity index (χ1n) is 9.04. The second-order valence-corrected chi connectivity index (χ2v) is 9.25. The summed E-state index contributed by atoms with van der Waals surface area (Å²) in [5.41, 5.74) is 5.03. The highest BCUT2D eigenvalue weighted by Gasteiger charge is 2.21. The highest BCUT2D eigenvalue weighted by atomic mass is 32.2. The predicted molar refractivity (Wildman–Crippen MR) is 113 cm³/mol. The van der Waals surface area contributed by atoms with Gasteiger partial charge >= 0.3 is 0 Å². The zero-order valence-corrected chi connectivity index (χ0v) is 18.2. The summed E-state index contributed by atoms with van der Waals surface area (Å²) in [7, 11) is 4.34. The molecule has 148 valence electrons. The standard InChI is InChI=1S/C21H31N3O2S/c1-15-12-17(3)21(13-16(15)2)27(25,26)22-14-20(24(6)7)18-8-10-19(11-9-18)23(4)5/h8-13,20,22H,14H2,1-7H3/t20-/m0/s1. The molecule has 0 spiro atoms. The first-order valence-corrected chi connectivity index (χ1v) is 10.5. The lowest BCUT2D eigenvalue weighted by molar-refractivity contribution is 0.299. The lowest BCUT2D eigenvalue weighted by Crippen LogP contribution is -2.34.